The minimum atomic E-state index is -1.45. The minimum Gasteiger partial charge on any atom is -0.508 e. The van der Waals surface area contributed by atoms with Crippen LogP contribution in [0.1, 0.15) is 28.7 Å². The summed E-state index contributed by atoms with van der Waals surface area (Å²) < 4.78 is 5.73. The van der Waals surface area contributed by atoms with E-state index in [0.29, 0.717) is 0 Å². The molecule has 0 aromatic heterocycles. The van der Waals surface area contributed by atoms with E-state index in [0.717, 1.165) is 18.2 Å². The van der Waals surface area contributed by atoms with Crippen LogP contribution in [0, 0.1) is 0 Å². The highest BCUT2D eigenvalue weighted by molar-refractivity contribution is 5.62. The van der Waals surface area contributed by atoms with Crippen molar-refractivity contribution in [3.05, 3.63) is 59.2 Å². The van der Waals surface area contributed by atoms with E-state index in [-0.39, 0.29) is 22.4 Å². The second-order valence-corrected chi connectivity index (χ2v) is 7.00. The Balaban J connectivity index is 1.95. The number of aromatic hydroxyl groups is 7. The van der Waals surface area contributed by atoms with E-state index in [2.05, 4.69) is 0 Å². The van der Waals surface area contributed by atoms with Crippen molar-refractivity contribution >= 4 is 0 Å². The molecule has 30 heavy (non-hydrogen) atoms. The first kappa shape index (κ1) is 19.3. The van der Waals surface area contributed by atoms with Gasteiger partial charge >= 0.3 is 0 Å². The van der Waals surface area contributed by atoms with E-state index in [1.54, 1.807) is 0 Å². The summed E-state index contributed by atoms with van der Waals surface area (Å²) in [7, 11) is 0. The molecular formula is C21H18O9. The van der Waals surface area contributed by atoms with Crippen molar-refractivity contribution in [1.29, 1.82) is 0 Å². The van der Waals surface area contributed by atoms with Crippen molar-refractivity contribution in [2.45, 2.75) is 18.1 Å². The van der Waals surface area contributed by atoms with Crippen LogP contribution in [0.15, 0.2) is 42.5 Å². The van der Waals surface area contributed by atoms with Crippen LogP contribution >= 0.6 is 0 Å². The van der Waals surface area contributed by atoms with Gasteiger partial charge in [-0.2, -0.15) is 0 Å². The number of fused-ring (bicyclic) bond motifs is 1. The highest BCUT2D eigenvalue weighted by Crippen LogP contribution is 2.54. The fraction of sp³-hybridized carbons (Fsp3) is 0.143. The van der Waals surface area contributed by atoms with Gasteiger partial charge in [-0.05, 0) is 23.8 Å². The van der Waals surface area contributed by atoms with E-state index in [4.69, 9.17) is 4.74 Å². The first-order valence-corrected chi connectivity index (χ1v) is 8.85. The maximum absolute atomic E-state index is 11.1. The Morgan fingerprint density at radius 2 is 1.30 bits per heavy atom. The Morgan fingerprint density at radius 3 is 1.93 bits per heavy atom. The minimum absolute atomic E-state index is 0.136. The summed E-state index contributed by atoms with van der Waals surface area (Å²) in [5, 5.41) is 81.1. The zero-order chi connectivity index (χ0) is 21.7. The third-order valence-corrected chi connectivity index (χ3v) is 5.13. The molecule has 0 spiro atoms. The van der Waals surface area contributed by atoms with Crippen molar-refractivity contribution in [3.63, 3.8) is 0 Å². The summed E-state index contributed by atoms with van der Waals surface area (Å²) in [6.45, 7) is 0. The lowest BCUT2D eigenvalue weighted by Gasteiger charge is -2.38. The van der Waals surface area contributed by atoms with Crippen molar-refractivity contribution in [1.82, 2.24) is 0 Å². The normalized spacial score (nSPS) is 20.4. The average Bonchev–Trinajstić information content (AvgIpc) is 2.68. The number of phenolic OH excluding ortho intramolecular Hbond substituents is 7. The summed E-state index contributed by atoms with van der Waals surface area (Å²) in [4.78, 5) is 0. The van der Waals surface area contributed by atoms with Crippen molar-refractivity contribution in [3.8, 4) is 46.0 Å². The highest BCUT2D eigenvalue weighted by atomic mass is 16.5. The van der Waals surface area contributed by atoms with Gasteiger partial charge in [0.05, 0.1) is 5.92 Å². The SMILES string of the molecule is Oc1cc(O)c([C@H]2c3ccc(O)c(O)c3O[C@H](c3ccc(O)c(O)c3)[C@@H]2O)c(O)c1. The molecule has 0 saturated heterocycles. The van der Waals surface area contributed by atoms with Gasteiger partial charge in [-0.3, -0.25) is 0 Å². The van der Waals surface area contributed by atoms with Crippen LogP contribution in [0.5, 0.6) is 46.0 Å². The molecule has 1 heterocycles. The molecule has 156 valence electrons. The molecule has 1 aliphatic rings. The van der Waals surface area contributed by atoms with Gasteiger partial charge in [0.2, 0.25) is 5.75 Å². The topological polar surface area (TPSA) is 171 Å². The molecule has 9 heteroatoms. The number of hydrogen-bond donors (Lipinski definition) is 8. The number of aliphatic hydroxyl groups is 1. The third-order valence-electron chi connectivity index (χ3n) is 5.13. The molecule has 0 saturated carbocycles. The molecule has 0 aliphatic carbocycles. The monoisotopic (exact) mass is 414 g/mol. The van der Waals surface area contributed by atoms with Crippen molar-refractivity contribution < 1.29 is 45.6 Å². The number of benzene rings is 3. The molecule has 3 aromatic carbocycles. The predicted molar refractivity (Wildman–Crippen MR) is 102 cm³/mol. The van der Waals surface area contributed by atoms with Crippen molar-refractivity contribution in [2.24, 2.45) is 0 Å². The summed E-state index contributed by atoms with van der Waals surface area (Å²) in [5.41, 5.74) is 0.241. The molecule has 0 unspecified atom stereocenters. The molecule has 0 fully saturated rings. The van der Waals surface area contributed by atoms with E-state index >= 15 is 0 Å². The second-order valence-electron chi connectivity index (χ2n) is 7.00. The largest absolute Gasteiger partial charge is 0.508 e. The van der Waals surface area contributed by atoms with Gasteiger partial charge in [-0.25, -0.2) is 0 Å². The maximum atomic E-state index is 11.1. The summed E-state index contributed by atoms with van der Waals surface area (Å²) >= 11 is 0. The molecule has 0 amide bonds. The van der Waals surface area contributed by atoms with E-state index in [9.17, 15) is 40.9 Å². The zero-order valence-electron chi connectivity index (χ0n) is 15.3. The molecule has 8 N–H and O–H groups in total. The molecule has 1 aliphatic heterocycles. The third kappa shape index (κ3) is 2.92. The molecule has 3 aromatic rings. The van der Waals surface area contributed by atoms with Gasteiger partial charge in [0.15, 0.2) is 29.1 Å². The lowest BCUT2D eigenvalue weighted by atomic mass is 9.79. The van der Waals surface area contributed by atoms with Gasteiger partial charge in [0, 0.05) is 23.3 Å². The second kappa shape index (κ2) is 6.82. The number of phenols is 7. The quantitative estimate of drug-likeness (QED) is 0.293. The van der Waals surface area contributed by atoms with Gasteiger partial charge in [-0.15, -0.1) is 0 Å². The van der Waals surface area contributed by atoms with Crippen LogP contribution in [-0.4, -0.2) is 47.0 Å². The Bertz CT molecular complexity index is 1120. The maximum Gasteiger partial charge on any atom is 0.200 e. The zero-order valence-corrected chi connectivity index (χ0v) is 15.3. The number of aliphatic hydroxyl groups excluding tert-OH is 1. The first-order valence-electron chi connectivity index (χ1n) is 8.85. The van der Waals surface area contributed by atoms with E-state index in [1.165, 1.54) is 24.3 Å². The Morgan fingerprint density at radius 1 is 0.667 bits per heavy atom. The predicted octanol–water partition coefficient (Wildman–Crippen LogP) is 2.25. The lowest BCUT2D eigenvalue weighted by molar-refractivity contribution is 0.00560. The molecule has 0 radical (unpaired) electrons. The smallest absolute Gasteiger partial charge is 0.200 e. The van der Waals surface area contributed by atoms with Gasteiger partial charge in [0.1, 0.15) is 23.4 Å². The Hall–Kier alpha value is -3.98. The van der Waals surface area contributed by atoms with Crippen LogP contribution in [-0.2, 0) is 0 Å². The Kier molecular flexibility index (Phi) is 4.39. The van der Waals surface area contributed by atoms with Crippen LogP contribution in [0.3, 0.4) is 0 Å². The highest BCUT2D eigenvalue weighted by Gasteiger charge is 2.43. The molecule has 4 rings (SSSR count). The summed E-state index contributed by atoms with van der Waals surface area (Å²) in [6, 6.07) is 8.20. The summed E-state index contributed by atoms with van der Waals surface area (Å²) in [6.07, 6.45) is -2.68. The van der Waals surface area contributed by atoms with Crippen molar-refractivity contribution in [2.75, 3.05) is 0 Å². The molecular weight excluding hydrogens is 396 g/mol. The first-order chi connectivity index (χ1) is 14.2. The number of hydrogen-bond acceptors (Lipinski definition) is 9. The molecule has 3 atom stereocenters. The molecule has 0 bridgehead atoms. The molecule has 9 nitrogen and oxygen atoms in total. The summed E-state index contributed by atoms with van der Waals surface area (Å²) in [5.74, 6) is -4.74. The lowest BCUT2D eigenvalue weighted by Crippen LogP contribution is -2.35. The standard InChI is InChI=1S/C21H18O9/c22-9-6-14(26)17(15(27)7-9)16-10-2-4-12(24)18(28)21(10)30-20(19(16)29)8-1-3-11(23)13(25)5-8/h1-7,16,19-20,22-29H/t16-,19-,20-/m1/s1. The number of rotatable bonds is 2. The number of ether oxygens (including phenoxy) is 1. The van der Waals surface area contributed by atoms with E-state index in [1.807, 2.05) is 0 Å². The van der Waals surface area contributed by atoms with Gasteiger partial charge in [0.25, 0.3) is 0 Å². The van der Waals surface area contributed by atoms with Crippen LogP contribution in [0.4, 0.5) is 0 Å². The Labute approximate surface area is 169 Å². The van der Waals surface area contributed by atoms with Crippen LogP contribution in [0.2, 0.25) is 0 Å². The average molecular weight is 414 g/mol. The van der Waals surface area contributed by atoms with Crippen LogP contribution in [0.25, 0.3) is 0 Å². The van der Waals surface area contributed by atoms with Gasteiger partial charge < -0.3 is 45.6 Å². The fourth-order valence-corrected chi connectivity index (χ4v) is 3.74. The van der Waals surface area contributed by atoms with E-state index < -0.39 is 58.4 Å². The fourth-order valence-electron chi connectivity index (χ4n) is 3.74. The van der Waals surface area contributed by atoms with Gasteiger partial charge in [-0.1, -0.05) is 12.1 Å². The van der Waals surface area contributed by atoms with Crippen LogP contribution < -0.4 is 4.74 Å².